The first-order chi connectivity index (χ1) is 13.3. The van der Waals surface area contributed by atoms with Crippen LogP contribution in [-0.4, -0.2) is 36.9 Å². The molecule has 3 aromatic rings. The number of imidazole rings is 1. The van der Waals surface area contributed by atoms with Gasteiger partial charge in [0.05, 0.1) is 11.3 Å². The zero-order valence-electron chi connectivity index (χ0n) is 15.5. The van der Waals surface area contributed by atoms with Crippen LogP contribution in [0.2, 0.25) is 0 Å². The maximum absolute atomic E-state index is 13.0. The van der Waals surface area contributed by atoms with Gasteiger partial charge in [-0.25, -0.2) is 4.98 Å². The number of rotatable bonds is 4. The minimum atomic E-state index is 0.0826. The molecule has 0 spiro atoms. The SMILES string of the molecule is O=C(c1ccc2nccn2c1)N1CCc2[nH]nc(CCC3CCCC3)c2C1. The molecule has 1 fully saturated rings. The molecular formula is C21H25N5O. The Hall–Kier alpha value is -2.63. The summed E-state index contributed by atoms with van der Waals surface area (Å²) in [6, 6.07) is 3.77. The second-order valence-corrected chi connectivity index (χ2v) is 7.90. The van der Waals surface area contributed by atoms with Crippen molar-refractivity contribution in [2.24, 2.45) is 5.92 Å². The van der Waals surface area contributed by atoms with Crippen LogP contribution in [-0.2, 0) is 19.4 Å². The molecule has 1 amide bonds. The molecule has 0 bridgehead atoms. The zero-order valence-corrected chi connectivity index (χ0v) is 15.5. The average Bonchev–Trinajstić information content (AvgIpc) is 3.45. The number of aromatic amines is 1. The van der Waals surface area contributed by atoms with Gasteiger partial charge in [0.2, 0.25) is 0 Å². The van der Waals surface area contributed by atoms with E-state index in [1.54, 1.807) is 6.20 Å². The summed E-state index contributed by atoms with van der Waals surface area (Å²) >= 11 is 0. The van der Waals surface area contributed by atoms with Gasteiger partial charge in [0, 0.05) is 49.4 Å². The third-order valence-electron chi connectivity index (χ3n) is 6.21. The summed E-state index contributed by atoms with van der Waals surface area (Å²) in [5, 5.41) is 7.81. The molecule has 140 valence electrons. The smallest absolute Gasteiger partial charge is 0.255 e. The fourth-order valence-electron chi connectivity index (χ4n) is 4.60. The lowest BCUT2D eigenvalue weighted by molar-refractivity contribution is 0.0733. The molecule has 1 aliphatic carbocycles. The first-order valence-electron chi connectivity index (χ1n) is 10.0. The Balaban J connectivity index is 1.32. The van der Waals surface area contributed by atoms with Crippen LogP contribution in [0.4, 0.5) is 0 Å². The van der Waals surface area contributed by atoms with Crippen LogP contribution in [0.15, 0.2) is 30.7 Å². The molecule has 6 heteroatoms. The van der Waals surface area contributed by atoms with Crippen molar-refractivity contribution in [3.63, 3.8) is 0 Å². The lowest BCUT2D eigenvalue weighted by atomic mass is 9.97. The van der Waals surface area contributed by atoms with Crippen molar-refractivity contribution < 1.29 is 4.79 Å². The normalized spacial score (nSPS) is 17.6. The van der Waals surface area contributed by atoms with E-state index in [2.05, 4.69) is 15.2 Å². The molecular weight excluding hydrogens is 338 g/mol. The second kappa shape index (κ2) is 6.83. The Bertz CT molecular complexity index is 966. The molecule has 3 aromatic heterocycles. The van der Waals surface area contributed by atoms with Crippen LogP contribution in [0.5, 0.6) is 0 Å². The van der Waals surface area contributed by atoms with E-state index in [0.29, 0.717) is 12.1 Å². The standard InChI is InChI=1S/C21H25N5O/c27-21(16-6-8-20-22-10-12-25(20)13-16)26-11-9-19-17(14-26)18(23-24-19)7-5-15-3-1-2-4-15/h6,8,10,12-13,15H,1-5,7,9,11,14H2,(H,23,24). The minimum absolute atomic E-state index is 0.0826. The number of nitrogens with one attached hydrogen (secondary N) is 1. The summed E-state index contributed by atoms with van der Waals surface area (Å²) in [4.78, 5) is 19.2. The van der Waals surface area contributed by atoms with Crippen molar-refractivity contribution in [3.05, 3.63) is 53.2 Å². The van der Waals surface area contributed by atoms with Crippen molar-refractivity contribution >= 4 is 11.6 Å². The fourth-order valence-corrected chi connectivity index (χ4v) is 4.60. The van der Waals surface area contributed by atoms with Crippen molar-refractivity contribution in [1.82, 2.24) is 24.5 Å². The summed E-state index contributed by atoms with van der Waals surface area (Å²) in [6.07, 6.45) is 14.1. The van der Waals surface area contributed by atoms with Crippen molar-refractivity contribution in [3.8, 4) is 0 Å². The van der Waals surface area contributed by atoms with E-state index < -0.39 is 0 Å². The summed E-state index contributed by atoms with van der Waals surface area (Å²) in [6.45, 7) is 1.39. The largest absolute Gasteiger partial charge is 0.334 e. The lowest BCUT2D eigenvalue weighted by Crippen LogP contribution is -2.36. The van der Waals surface area contributed by atoms with E-state index in [-0.39, 0.29) is 5.91 Å². The van der Waals surface area contributed by atoms with Gasteiger partial charge in [0.1, 0.15) is 5.65 Å². The Kier molecular flexibility index (Phi) is 4.19. The Morgan fingerprint density at radius 3 is 3.04 bits per heavy atom. The molecule has 0 saturated heterocycles. The van der Waals surface area contributed by atoms with Crippen LogP contribution in [0.25, 0.3) is 5.65 Å². The Labute approximate surface area is 158 Å². The van der Waals surface area contributed by atoms with E-state index in [1.165, 1.54) is 49.1 Å². The van der Waals surface area contributed by atoms with Gasteiger partial charge in [-0.2, -0.15) is 5.10 Å². The molecule has 0 radical (unpaired) electrons. The lowest BCUT2D eigenvalue weighted by Gasteiger charge is -2.27. The average molecular weight is 363 g/mol. The van der Waals surface area contributed by atoms with E-state index in [4.69, 9.17) is 0 Å². The maximum Gasteiger partial charge on any atom is 0.255 e. The number of aryl methyl sites for hydroxylation is 1. The number of fused-ring (bicyclic) bond motifs is 2. The molecule has 0 unspecified atom stereocenters. The van der Waals surface area contributed by atoms with Gasteiger partial charge in [0.25, 0.3) is 5.91 Å². The van der Waals surface area contributed by atoms with Gasteiger partial charge < -0.3 is 9.30 Å². The Morgan fingerprint density at radius 2 is 2.15 bits per heavy atom. The fraction of sp³-hybridized carbons (Fsp3) is 0.476. The highest BCUT2D eigenvalue weighted by Crippen LogP contribution is 2.30. The molecule has 27 heavy (non-hydrogen) atoms. The number of aromatic nitrogens is 4. The number of hydrogen-bond donors (Lipinski definition) is 1. The quantitative estimate of drug-likeness (QED) is 0.773. The van der Waals surface area contributed by atoms with E-state index >= 15 is 0 Å². The van der Waals surface area contributed by atoms with Crippen LogP contribution in [0, 0.1) is 5.92 Å². The van der Waals surface area contributed by atoms with Crippen LogP contribution >= 0.6 is 0 Å². The third-order valence-corrected chi connectivity index (χ3v) is 6.21. The van der Waals surface area contributed by atoms with E-state index in [1.807, 2.05) is 33.8 Å². The maximum atomic E-state index is 13.0. The molecule has 0 atom stereocenters. The molecule has 4 heterocycles. The number of H-pyrrole nitrogens is 1. The molecule has 1 aliphatic heterocycles. The van der Waals surface area contributed by atoms with Gasteiger partial charge in [-0.3, -0.25) is 9.89 Å². The van der Waals surface area contributed by atoms with Gasteiger partial charge in [-0.15, -0.1) is 0 Å². The predicted molar refractivity (Wildman–Crippen MR) is 103 cm³/mol. The van der Waals surface area contributed by atoms with Crippen molar-refractivity contribution in [2.75, 3.05) is 6.54 Å². The van der Waals surface area contributed by atoms with E-state index in [0.717, 1.165) is 31.0 Å². The van der Waals surface area contributed by atoms with Crippen LogP contribution in [0.1, 0.15) is 59.4 Å². The zero-order chi connectivity index (χ0) is 18.2. The van der Waals surface area contributed by atoms with Gasteiger partial charge in [0.15, 0.2) is 0 Å². The van der Waals surface area contributed by atoms with Crippen molar-refractivity contribution in [1.29, 1.82) is 0 Å². The minimum Gasteiger partial charge on any atom is -0.334 e. The highest BCUT2D eigenvalue weighted by Gasteiger charge is 2.26. The first-order valence-corrected chi connectivity index (χ1v) is 10.0. The highest BCUT2D eigenvalue weighted by atomic mass is 16.2. The predicted octanol–water partition coefficient (Wildman–Crippen LogP) is 3.38. The van der Waals surface area contributed by atoms with Crippen LogP contribution in [0.3, 0.4) is 0 Å². The number of hydrogen-bond acceptors (Lipinski definition) is 3. The topological polar surface area (TPSA) is 66.3 Å². The summed E-state index contributed by atoms with van der Waals surface area (Å²) in [5.41, 5.74) is 5.19. The summed E-state index contributed by atoms with van der Waals surface area (Å²) in [5.74, 6) is 0.944. The summed E-state index contributed by atoms with van der Waals surface area (Å²) < 4.78 is 1.90. The number of carbonyl (C=O) groups is 1. The number of pyridine rings is 1. The van der Waals surface area contributed by atoms with Gasteiger partial charge >= 0.3 is 0 Å². The number of amides is 1. The molecule has 0 aromatic carbocycles. The second-order valence-electron chi connectivity index (χ2n) is 7.90. The van der Waals surface area contributed by atoms with Crippen molar-refractivity contribution in [2.45, 2.75) is 51.5 Å². The number of carbonyl (C=O) groups excluding carboxylic acids is 1. The number of nitrogens with zero attached hydrogens (tertiary/aromatic N) is 4. The monoisotopic (exact) mass is 363 g/mol. The van der Waals surface area contributed by atoms with Crippen LogP contribution < -0.4 is 0 Å². The molecule has 1 N–H and O–H groups in total. The molecule has 1 saturated carbocycles. The molecule has 2 aliphatic rings. The van der Waals surface area contributed by atoms with E-state index in [9.17, 15) is 4.79 Å². The molecule has 5 rings (SSSR count). The third kappa shape index (κ3) is 3.13. The van der Waals surface area contributed by atoms with Gasteiger partial charge in [-0.1, -0.05) is 25.7 Å². The summed E-state index contributed by atoms with van der Waals surface area (Å²) in [7, 11) is 0. The van der Waals surface area contributed by atoms with Gasteiger partial charge in [-0.05, 0) is 30.9 Å². The first kappa shape index (κ1) is 16.5. The Morgan fingerprint density at radius 1 is 1.26 bits per heavy atom. The highest BCUT2D eigenvalue weighted by molar-refractivity contribution is 5.94. The molecule has 6 nitrogen and oxygen atoms in total.